The summed E-state index contributed by atoms with van der Waals surface area (Å²) in [5, 5.41) is 5.48. The van der Waals surface area contributed by atoms with Gasteiger partial charge in [0.1, 0.15) is 5.15 Å². The fraction of sp³-hybridized carbons (Fsp3) is 0.400. The smallest absolute Gasteiger partial charge is 0.261 e. The fourth-order valence-corrected chi connectivity index (χ4v) is 5.19. The van der Waals surface area contributed by atoms with Crippen LogP contribution in [0.5, 0.6) is 0 Å². The summed E-state index contributed by atoms with van der Waals surface area (Å²) in [4.78, 5) is 20.3. The van der Waals surface area contributed by atoms with Crippen LogP contribution in [0, 0.1) is 6.92 Å². The zero-order valence-electron chi connectivity index (χ0n) is 15.0. The standard InChI is InChI=1S/C20H22ClN3OS/c1-3-24-8-4-5-13(24)11-22-20(25)17-10-15-18(26-17)14-9-12(2)6-7-16(14)23-19(15)21/h6-7,9-10,13H,3-5,8,11H2,1-2H3,(H,22,25)/t13-/m0/s1. The number of benzene rings is 1. The number of hydrogen-bond donors (Lipinski definition) is 1. The predicted octanol–water partition coefficient (Wildman–Crippen LogP) is 4.63. The molecule has 136 valence electrons. The molecule has 26 heavy (non-hydrogen) atoms. The van der Waals surface area contributed by atoms with E-state index in [1.165, 1.54) is 23.3 Å². The SMILES string of the molecule is CCN1CCC[C@H]1CNC(=O)c1cc2c(Cl)nc3ccc(C)cc3c2s1. The maximum atomic E-state index is 12.7. The number of hydrogen-bond acceptors (Lipinski definition) is 4. The minimum absolute atomic E-state index is 0.0222. The number of amides is 1. The largest absolute Gasteiger partial charge is 0.350 e. The van der Waals surface area contributed by atoms with Gasteiger partial charge >= 0.3 is 0 Å². The van der Waals surface area contributed by atoms with Gasteiger partial charge in [0.05, 0.1) is 10.4 Å². The quantitative estimate of drug-likeness (QED) is 0.664. The van der Waals surface area contributed by atoms with E-state index in [1.54, 1.807) is 0 Å². The van der Waals surface area contributed by atoms with E-state index in [-0.39, 0.29) is 5.91 Å². The van der Waals surface area contributed by atoms with Crippen molar-refractivity contribution in [2.24, 2.45) is 0 Å². The van der Waals surface area contributed by atoms with E-state index in [9.17, 15) is 4.79 Å². The van der Waals surface area contributed by atoms with E-state index >= 15 is 0 Å². The van der Waals surface area contributed by atoms with Gasteiger partial charge in [0.25, 0.3) is 5.91 Å². The van der Waals surface area contributed by atoms with Crippen LogP contribution in [0.25, 0.3) is 21.0 Å². The van der Waals surface area contributed by atoms with Crippen molar-refractivity contribution in [2.45, 2.75) is 32.7 Å². The lowest BCUT2D eigenvalue weighted by Crippen LogP contribution is -2.39. The molecule has 0 radical (unpaired) electrons. The highest BCUT2D eigenvalue weighted by Gasteiger charge is 2.24. The molecule has 1 saturated heterocycles. The highest BCUT2D eigenvalue weighted by Crippen LogP contribution is 2.36. The third-order valence-corrected chi connectivity index (χ3v) is 6.65. The van der Waals surface area contributed by atoms with Crippen molar-refractivity contribution in [3.05, 3.63) is 39.9 Å². The molecule has 1 fully saturated rings. The Morgan fingerprint density at radius 2 is 2.23 bits per heavy atom. The molecule has 3 aromatic rings. The van der Waals surface area contributed by atoms with Crippen LogP contribution in [0.2, 0.25) is 5.15 Å². The van der Waals surface area contributed by atoms with Gasteiger partial charge < -0.3 is 5.32 Å². The van der Waals surface area contributed by atoms with Crippen molar-refractivity contribution in [3.8, 4) is 0 Å². The monoisotopic (exact) mass is 387 g/mol. The molecule has 0 spiro atoms. The lowest BCUT2D eigenvalue weighted by Gasteiger charge is -2.22. The van der Waals surface area contributed by atoms with E-state index < -0.39 is 0 Å². The van der Waals surface area contributed by atoms with E-state index in [2.05, 4.69) is 35.1 Å². The third-order valence-electron chi connectivity index (χ3n) is 5.20. The molecule has 4 nitrogen and oxygen atoms in total. The molecule has 0 bridgehead atoms. The molecule has 0 unspecified atom stereocenters. The zero-order chi connectivity index (χ0) is 18.3. The number of fused-ring (bicyclic) bond motifs is 3. The highest BCUT2D eigenvalue weighted by atomic mass is 35.5. The molecule has 1 aliphatic heterocycles. The maximum absolute atomic E-state index is 12.7. The summed E-state index contributed by atoms with van der Waals surface area (Å²) in [6.07, 6.45) is 2.37. The summed E-state index contributed by atoms with van der Waals surface area (Å²) in [7, 11) is 0. The number of pyridine rings is 1. The average molecular weight is 388 g/mol. The number of nitrogens with one attached hydrogen (secondary N) is 1. The number of nitrogens with zero attached hydrogens (tertiary/aromatic N) is 2. The van der Waals surface area contributed by atoms with Gasteiger partial charge in [-0.25, -0.2) is 4.98 Å². The van der Waals surface area contributed by atoms with Gasteiger partial charge in [0.15, 0.2) is 0 Å². The molecule has 2 aromatic heterocycles. The normalized spacial score (nSPS) is 18.0. The van der Waals surface area contributed by atoms with Crippen molar-refractivity contribution >= 4 is 49.8 Å². The van der Waals surface area contributed by atoms with Gasteiger partial charge in [-0.2, -0.15) is 0 Å². The number of thiophene rings is 1. The number of rotatable bonds is 4. The van der Waals surface area contributed by atoms with Crippen LogP contribution in [-0.4, -0.2) is 41.5 Å². The lowest BCUT2D eigenvalue weighted by molar-refractivity contribution is 0.0945. The molecule has 6 heteroatoms. The second-order valence-electron chi connectivity index (χ2n) is 6.91. The molecule has 4 rings (SSSR count). The predicted molar refractivity (Wildman–Crippen MR) is 109 cm³/mol. The Morgan fingerprint density at radius 3 is 3.04 bits per heavy atom. The van der Waals surface area contributed by atoms with Crippen LogP contribution < -0.4 is 5.32 Å². The molecule has 1 aliphatic rings. The van der Waals surface area contributed by atoms with Crippen LogP contribution in [0.3, 0.4) is 0 Å². The van der Waals surface area contributed by atoms with Gasteiger partial charge in [-0.3, -0.25) is 9.69 Å². The highest BCUT2D eigenvalue weighted by molar-refractivity contribution is 7.21. The Morgan fingerprint density at radius 1 is 1.38 bits per heavy atom. The summed E-state index contributed by atoms with van der Waals surface area (Å²) in [6, 6.07) is 8.44. The first-order chi connectivity index (χ1) is 12.6. The van der Waals surface area contributed by atoms with Crippen molar-refractivity contribution in [1.82, 2.24) is 15.2 Å². The van der Waals surface area contributed by atoms with Gasteiger partial charge in [-0.15, -0.1) is 11.3 Å². The fourth-order valence-electron chi connectivity index (χ4n) is 3.79. The molecule has 1 amide bonds. The number of likely N-dealkylation sites (tertiary alicyclic amines) is 1. The maximum Gasteiger partial charge on any atom is 0.261 e. The minimum Gasteiger partial charge on any atom is -0.350 e. The van der Waals surface area contributed by atoms with E-state index in [1.807, 2.05) is 18.2 Å². The summed E-state index contributed by atoms with van der Waals surface area (Å²) < 4.78 is 1.03. The molecular formula is C20H22ClN3OS. The number of carbonyl (C=O) groups is 1. The number of carbonyl (C=O) groups excluding carboxylic acids is 1. The van der Waals surface area contributed by atoms with Crippen LogP contribution in [0.15, 0.2) is 24.3 Å². The average Bonchev–Trinajstić information content (AvgIpc) is 3.27. The Hall–Kier alpha value is -1.69. The third kappa shape index (κ3) is 3.20. The first kappa shape index (κ1) is 17.7. The van der Waals surface area contributed by atoms with E-state index in [4.69, 9.17) is 11.6 Å². The van der Waals surface area contributed by atoms with Gasteiger partial charge in [0.2, 0.25) is 0 Å². The summed E-state index contributed by atoms with van der Waals surface area (Å²) in [6.45, 7) is 7.10. The summed E-state index contributed by atoms with van der Waals surface area (Å²) in [5.41, 5.74) is 2.04. The Balaban J connectivity index is 1.62. The van der Waals surface area contributed by atoms with Crippen LogP contribution in [-0.2, 0) is 0 Å². The van der Waals surface area contributed by atoms with Crippen LogP contribution in [0.4, 0.5) is 0 Å². The topological polar surface area (TPSA) is 45.2 Å². The second-order valence-corrected chi connectivity index (χ2v) is 8.32. The lowest BCUT2D eigenvalue weighted by atomic mass is 10.1. The molecule has 1 aromatic carbocycles. The van der Waals surface area contributed by atoms with Gasteiger partial charge in [0, 0.05) is 28.1 Å². The molecular weight excluding hydrogens is 366 g/mol. The molecule has 0 aliphatic carbocycles. The van der Waals surface area contributed by atoms with Crippen molar-refractivity contribution in [3.63, 3.8) is 0 Å². The van der Waals surface area contributed by atoms with Crippen LogP contribution in [0.1, 0.15) is 35.0 Å². The molecule has 1 atom stereocenters. The van der Waals surface area contributed by atoms with Gasteiger partial charge in [-0.05, 0) is 51.1 Å². The number of aryl methyl sites for hydroxylation is 1. The van der Waals surface area contributed by atoms with Crippen molar-refractivity contribution in [1.29, 1.82) is 0 Å². The number of likely N-dealkylation sites (N-methyl/N-ethyl adjacent to an activating group) is 1. The van der Waals surface area contributed by atoms with Crippen LogP contribution >= 0.6 is 22.9 Å². The first-order valence-electron chi connectivity index (χ1n) is 9.08. The second kappa shape index (κ2) is 7.14. The minimum atomic E-state index is -0.0222. The van der Waals surface area contributed by atoms with Crippen molar-refractivity contribution in [2.75, 3.05) is 19.6 Å². The summed E-state index contributed by atoms with van der Waals surface area (Å²) >= 11 is 7.87. The van der Waals surface area contributed by atoms with E-state index in [0.717, 1.165) is 40.5 Å². The van der Waals surface area contributed by atoms with Gasteiger partial charge in [-0.1, -0.05) is 30.2 Å². The molecule has 1 N–H and O–H groups in total. The van der Waals surface area contributed by atoms with E-state index in [0.29, 0.717) is 22.6 Å². The van der Waals surface area contributed by atoms with Crippen molar-refractivity contribution < 1.29 is 4.79 Å². The first-order valence-corrected chi connectivity index (χ1v) is 10.3. The number of aromatic nitrogens is 1. The summed E-state index contributed by atoms with van der Waals surface area (Å²) in [5.74, 6) is -0.0222. The zero-order valence-corrected chi connectivity index (χ0v) is 16.6. The Bertz CT molecular complexity index is 984. The molecule has 0 saturated carbocycles. The Kier molecular flexibility index (Phi) is 4.86. The molecule has 3 heterocycles. The number of halogens is 1. The Labute approximate surface area is 162 Å².